The Hall–Kier alpha value is -1.35. The van der Waals surface area contributed by atoms with Crippen molar-refractivity contribution in [2.75, 3.05) is 0 Å². The number of benzene rings is 1. The monoisotopic (exact) mass is 217 g/mol. The molecule has 0 aliphatic carbocycles. The van der Waals surface area contributed by atoms with E-state index in [1.165, 1.54) is 16.6 Å². The molecule has 1 heterocycles. The minimum absolute atomic E-state index is 0.584. The highest BCUT2D eigenvalue weighted by Gasteiger charge is 2.10. The van der Waals surface area contributed by atoms with Crippen LogP contribution in [0.25, 0.3) is 10.9 Å². The molecule has 0 bridgehead atoms. The molecule has 0 saturated heterocycles. The third kappa shape index (κ3) is 1.95. The summed E-state index contributed by atoms with van der Waals surface area (Å²) in [5, 5.41) is 5.84. The van der Waals surface area contributed by atoms with E-state index in [-0.39, 0.29) is 0 Å². The smallest absolute Gasteiger partial charge is 0.0705 e. The molecule has 0 fully saturated rings. The quantitative estimate of drug-likeness (QED) is 0.856. The maximum atomic E-state index is 5.65. The van der Waals surface area contributed by atoms with E-state index in [1.807, 2.05) is 11.7 Å². The molecule has 2 N–H and O–H groups in total. The molecular formula is C13H19N3. The van der Waals surface area contributed by atoms with Crippen molar-refractivity contribution in [3.05, 3.63) is 29.5 Å². The fourth-order valence-electron chi connectivity index (χ4n) is 2.04. The topological polar surface area (TPSA) is 43.8 Å². The van der Waals surface area contributed by atoms with Gasteiger partial charge in [-0.15, -0.1) is 0 Å². The van der Waals surface area contributed by atoms with Gasteiger partial charge in [0.25, 0.3) is 0 Å². The van der Waals surface area contributed by atoms with Crippen molar-refractivity contribution in [1.82, 2.24) is 9.78 Å². The molecule has 1 aromatic carbocycles. The molecule has 0 aliphatic heterocycles. The van der Waals surface area contributed by atoms with Gasteiger partial charge in [0, 0.05) is 19.0 Å². The molecule has 0 radical (unpaired) electrons. The summed E-state index contributed by atoms with van der Waals surface area (Å²) in [6.45, 7) is 5.02. The van der Waals surface area contributed by atoms with Crippen LogP contribution in [-0.2, 0) is 20.0 Å². The molecule has 3 nitrogen and oxygen atoms in total. The standard InChI is InChI=1S/C13H19N3/c1-9(2)6-12-11-5-4-10(8-14)7-13(11)16(3)15-12/h4-5,7,9H,6,8,14H2,1-3H3. The Kier molecular flexibility index (Phi) is 2.97. The Bertz CT molecular complexity index is 497. The van der Waals surface area contributed by atoms with Crippen LogP contribution in [0.4, 0.5) is 0 Å². The van der Waals surface area contributed by atoms with Gasteiger partial charge in [0.05, 0.1) is 11.2 Å². The van der Waals surface area contributed by atoms with Gasteiger partial charge >= 0.3 is 0 Å². The zero-order valence-corrected chi connectivity index (χ0v) is 10.2. The van der Waals surface area contributed by atoms with Crippen LogP contribution in [0.15, 0.2) is 18.2 Å². The van der Waals surface area contributed by atoms with Crippen molar-refractivity contribution in [3.63, 3.8) is 0 Å². The van der Waals surface area contributed by atoms with Crippen molar-refractivity contribution in [2.45, 2.75) is 26.8 Å². The number of fused-ring (bicyclic) bond motifs is 1. The number of nitrogens with zero attached hydrogens (tertiary/aromatic N) is 2. The SMILES string of the molecule is CC(C)Cc1nn(C)c2cc(CN)ccc12. The third-order valence-corrected chi connectivity index (χ3v) is 2.83. The molecule has 0 aliphatic rings. The van der Waals surface area contributed by atoms with Gasteiger partial charge in [0.2, 0.25) is 0 Å². The molecule has 0 saturated carbocycles. The van der Waals surface area contributed by atoms with Crippen LogP contribution in [0.5, 0.6) is 0 Å². The Morgan fingerprint density at radius 2 is 2.12 bits per heavy atom. The first-order valence-electron chi connectivity index (χ1n) is 5.76. The zero-order valence-electron chi connectivity index (χ0n) is 10.2. The second-order valence-electron chi connectivity index (χ2n) is 4.72. The Morgan fingerprint density at radius 1 is 1.38 bits per heavy atom. The molecule has 0 atom stereocenters. The predicted octanol–water partition coefficient (Wildman–Crippen LogP) is 2.23. The van der Waals surface area contributed by atoms with Gasteiger partial charge in [-0.1, -0.05) is 26.0 Å². The minimum atomic E-state index is 0.584. The number of hydrogen-bond acceptors (Lipinski definition) is 2. The van der Waals surface area contributed by atoms with Crippen molar-refractivity contribution in [1.29, 1.82) is 0 Å². The number of nitrogens with two attached hydrogens (primary N) is 1. The number of hydrogen-bond donors (Lipinski definition) is 1. The van der Waals surface area contributed by atoms with Gasteiger partial charge in [-0.05, 0) is 24.0 Å². The first-order chi connectivity index (χ1) is 7.61. The lowest BCUT2D eigenvalue weighted by atomic mass is 10.0. The van der Waals surface area contributed by atoms with Crippen LogP contribution in [0.2, 0.25) is 0 Å². The normalized spacial score (nSPS) is 11.6. The van der Waals surface area contributed by atoms with E-state index in [0.29, 0.717) is 12.5 Å². The van der Waals surface area contributed by atoms with Gasteiger partial charge in [-0.25, -0.2) is 0 Å². The van der Waals surface area contributed by atoms with Crippen LogP contribution in [-0.4, -0.2) is 9.78 Å². The Balaban J connectivity index is 2.53. The van der Waals surface area contributed by atoms with E-state index >= 15 is 0 Å². The molecule has 16 heavy (non-hydrogen) atoms. The van der Waals surface area contributed by atoms with Crippen molar-refractivity contribution >= 4 is 10.9 Å². The van der Waals surface area contributed by atoms with Crippen LogP contribution >= 0.6 is 0 Å². The molecule has 0 unspecified atom stereocenters. The highest BCUT2D eigenvalue weighted by atomic mass is 15.3. The van der Waals surface area contributed by atoms with E-state index < -0.39 is 0 Å². The highest BCUT2D eigenvalue weighted by Crippen LogP contribution is 2.21. The first-order valence-corrected chi connectivity index (χ1v) is 5.76. The average Bonchev–Trinajstić information content (AvgIpc) is 2.54. The molecule has 1 aromatic heterocycles. The van der Waals surface area contributed by atoms with Crippen LogP contribution in [0, 0.1) is 5.92 Å². The Labute approximate surface area is 96.2 Å². The van der Waals surface area contributed by atoms with Gasteiger partial charge < -0.3 is 5.73 Å². The maximum absolute atomic E-state index is 5.65. The summed E-state index contributed by atoms with van der Waals surface area (Å²) in [5.74, 6) is 0.632. The largest absolute Gasteiger partial charge is 0.326 e. The molecular weight excluding hydrogens is 198 g/mol. The van der Waals surface area contributed by atoms with Gasteiger partial charge in [0.1, 0.15) is 0 Å². The average molecular weight is 217 g/mol. The summed E-state index contributed by atoms with van der Waals surface area (Å²) < 4.78 is 1.95. The van der Waals surface area contributed by atoms with E-state index in [9.17, 15) is 0 Å². The fraction of sp³-hybridized carbons (Fsp3) is 0.462. The zero-order chi connectivity index (χ0) is 11.7. The van der Waals surface area contributed by atoms with Crippen LogP contribution in [0.3, 0.4) is 0 Å². The molecule has 2 aromatic rings. The maximum Gasteiger partial charge on any atom is 0.0705 e. The summed E-state index contributed by atoms with van der Waals surface area (Å²) in [6.07, 6.45) is 1.03. The highest BCUT2D eigenvalue weighted by molar-refractivity contribution is 5.82. The van der Waals surface area contributed by atoms with Crippen molar-refractivity contribution < 1.29 is 0 Å². The molecule has 3 heteroatoms. The minimum Gasteiger partial charge on any atom is -0.326 e. The number of aromatic nitrogens is 2. The first kappa shape index (κ1) is 11.1. The molecule has 0 spiro atoms. The second kappa shape index (κ2) is 4.26. The number of aryl methyl sites for hydroxylation is 1. The van der Waals surface area contributed by atoms with Gasteiger partial charge in [0.15, 0.2) is 0 Å². The van der Waals surface area contributed by atoms with E-state index in [2.05, 4.69) is 37.1 Å². The lowest BCUT2D eigenvalue weighted by Crippen LogP contribution is -1.97. The van der Waals surface area contributed by atoms with Crippen LogP contribution < -0.4 is 5.73 Å². The van der Waals surface area contributed by atoms with Gasteiger partial charge in [-0.2, -0.15) is 5.10 Å². The molecule has 86 valence electrons. The summed E-state index contributed by atoms with van der Waals surface area (Å²) >= 11 is 0. The van der Waals surface area contributed by atoms with Crippen LogP contribution in [0.1, 0.15) is 25.1 Å². The lowest BCUT2D eigenvalue weighted by Gasteiger charge is -2.01. The fourth-order valence-corrected chi connectivity index (χ4v) is 2.04. The van der Waals surface area contributed by atoms with Gasteiger partial charge in [-0.3, -0.25) is 4.68 Å². The summed E-state index contributed by atoms with van der Waals surface area (Å²) in [6, 6.07) is 6.36. The number of rotatable bonds is 3. The summed E-state index contributed by atoms with van der Waals surface area (Å²) in [4.78, 5) is 0. The van der Waals surface area contributed by atoms with Crippen molar-refractivity contribution in [3.8, 4) is 0 Å². The van der Waals surface area contributed by atoms with E-state index in [4.69, 9.17) is 5.73 Å². The predicted molar refractivity (Wildman–Crippen MR) is 67.1 cm³/mol. The summed E-state index contributed by atoms with van der Waals surface area (Å²) in [7, 11) is 1.99. The molecule has 2 rings (SSSR count). The van der Waals surface area contributed by atoms with E-state index in [0.717, 1.165) is 12.0 Å². The van der Waals surface area contributed by atoms with E-state index in [1.54, 1.807) is 0 Å². The third-order valence-electron chi connectivity index (χ3n) is 2.83. The Morgan fingerprint density at radius 3 is 2.75 bits per heavy atom. The molecule has 0 amide bonds. The van der Waals surface area contributed by atoms with Crippen molar-refractivity contribution in [2.24, 2.45) is 18.7 Å². The summed E-state index contributed by atoms with van der Waals surface area (Å²) in [5.41, 5.74) is 9.18. The lowest BCUT2D eigenvalue weighted by molar-refractivity contribution is 0.624. The second-order valence-corrected chi connectivity index (χ2v) is 4.72.